The first-order valence-corrected chi connectivity index (χ1v) is 8.65. The highest BCUT2D eigenvalue weighted by molar-refractivity contribution is 7.13. The summed E-state index contributed by atoms with van der Waals surface area (Å²) in [6, 6.07) is 6.47. The Kier molecular flexibility index (Phi) is 5.03. The van der Waals surface area contributed by atoms with Crippen molar-refractivity contribution in [1.29, 1.82) is 0 Å². The summed E-state index contributed by atoms with van der Waals surface area (Å²) >= 11 is 1.44. The molecule has 2 heterocycles. The van der Waals surface area contributed by atoms with Crippen LogP contribution in [0.4, 0.5) is 4.39 Å². The number of aryl methyl sites for hydroxylation is 1. The van der Waals surface area contributed by atoms with E-state index >= 15 is 0 Å². The average molecular weight is 333 g/mol. The second-order valence-corrected chi connectivity index (χ2v) is 6.86. The zero-order chi connectivity index (χ0) is 16.2. The van der Waals surface area contributed by atoms with Gasteiger partial charge < -0.3 is 5.32 Å². The highest BCUT2D eigenvalue weighted by Gasteiger charge is 2.18. The molecule has 1 aliphatic rings. The van der Waals surface area contributed by atoms with E-state index in [-0.39, 0.29) is 18.3 Å². The first-order valence-electron chi connectivity index (χ1n) is 7.84. The summed E-state index contributed by atoms with van der Waals surface area (Å²) in [4.78, 5) is 19.8. The van der Waals surface area contributed by atoms with Gasteiger partial charge in [0.2, 0.25) is 0 Å². The van der Waals surface area contributed by atoms with Crippen LogP contribution in [0, 0.1) is 12.7 Å². The van der Waals surface area contributed by atoms with Crippen molar-refractivity contribution in [3.8, 4) is 0 Å². The molecule has 1 aromatic heterocycles. The van der Waals surface area contributed by atoms with Crippen LogP contribution in [0.2, 0.25) is 0 Å². The third-order valence-corrected chi connectivity index (χ3v) is 5.14. The van der Waals surface area contributed by atoms with Crippen LogP contribution in [0.5, 0.6) is 0 Å². The first-order chi connectivity index (χ1) is 11.1. The molecule has 122 valence electrons. The van der Waals surface area contributed by atoms with Crippen molar-refractivity contribution in [3.05, 3.63) is 51.2 Å². The molecule has 2 aromatic rings. The van der Waals surface area contributed by atoms with Crippen molar-refractivity contribution in [1.82, 2.24) is 15.2 Å². The molecule has 0 aliphatic carbocycles. The van der Waals surface area contributed by atoms with Crippen LogP contribution in [-0.4, -0.2) is 28.9 Å². The van der Waals surface area contributed by atoms with Crippen LogP contribution in [0.25, 0.3) is 0 Å². The van der Waals surface area contributed by atoms with Gasteiger partial charge in [0.1, 0.15) is 15.7 Å². The maximum atomic E-state index is 13.6. The number of benzene rings is 1. The number of aromatic nitrogens is 1. The van der Waals surface area contributed by atoms with E-state index < -0.39 is 0 Å². The number of nitrogens with zero attached hydrogens (tertiary/aromatic N) is 2. The smallest absolute Gasteiger partial charge is 0.263 e. The molecule has 3 rings (SSSR count). The van der Waals surface area contributed by atoms with Gasteiger partial charge >= 0.3 is 0 Å². The molecule has 0 spiro atoms. The van der Waals surface area contributed by atoms with Gasteiger partial charge in [-0.25, -0.2) is 9.37 Å². The molecular weight excluding hydrogens is 313 g/mol. The molecule has 6 heteroatoms. The largest absolute Gasteiger partial charge is 0.347 e. The monoisotopic (exact) mass is 333 g/mol. The zero-order valence-corrected chi connectivity index (χ0v) is 14.0. The topological polar surface area (TPSA) is 45.2 Å². The number of amides is 1. The fourth-order valence-electron chi connectivity index (χ4n) is 2.76. The van der Waals surface area contributed by atoms with E-state index in [1.54, 1.807) is 18.2 Å². The number of rotatable bonds is 5. The number of halogens is 1. The van der Waals surface area contributed by atoms with E-state index in [0.717, 1.165) is 30.3 Å². The van der Waals surface area contributed by atoms with Crippen molar-refractivity contribution < 1.29 is 9.18 Å². The van der Waals surface area contributed by atoms with Crippen LogP contribution in [0.15, 0.2) is 24.3 Å². The second-order valence-electron chi connectivity index (χ2n) is 5.78. The Balaban J connectivity index is 1.62. The van der Waals surface area contributed by atoms with E-state index in [1.165, 1.54) is 30.2 Å². The minimum atomic E-state index is -0.302. The molecule has 4 nitrogen and oxygen atoms in total. The van der Waals surface area contributed by atoms with Gasteiger partial charge in [-0.3, -0.25) is 9.69 Å². The predicted molar refractivity (Wildman–Crippen MR) is 88.9 cm³/mol. The van der Waals surface area contributed by atoms with Gasteiger partial charge in [0, 0.05) is 12.1 Å². The van der Waals surface area contributed by atoms with E-state index in [0.29, 0.717) is 10.4 Å². The van der Waals surface area contributed by atoms with Gasteiger partial charge in [-0.2, -0.15) is 0 Å². The van der Waals surface area contributed by atoms with E-state index in [2.05, 4.69) is 15.2 Å². The summed E-state index contributed by atoms with van der Waals surface area (Å²) in [7, 11) is 0. The third kappa shape index (κ3) is 3.95. The number of likely N-dealkylation sites (tertiary alicyclic amines) is 1. The van der Waals surface area contributed by atoms with Crippen molar-refractivity contribution in [2.45, 2.75) is 32.9 Å². The van der Waals surface area contributed by atoms with Crippen molar-refractivity contribution >= 4 is 17.2 Å². The predicted octanol–water partition coefficient (Wildman–Crippen LogP) is 3.12. The molecular formula is C17H20FN3OS. The maximum Gasteiger partial charge on any atom is 0.263 e. The van der Waals surface area contributed by atoms with Crippen molar-refractivity contribution in [3.63, 3.8) is 0 Å². The SMILES string of the molecule is Cc1nc(CN2CCCC2)sc1C(=O)NCc1ccccc1F. The minimum Gasteiger partial charge on any atom is -0.347 e. The molecule has 0 unspecified atom stereocenters. The van der Waals surface area contributed by atoms with Gasteiger partial charge in [0.05, 0.1) is 12.2 Å². The van der Waals surface area contributed by atoms with Crippen molar-refractivity contribution in [2.75, 3.05) is 13.1 Å². The fourth-order valence-corrected chi connectivity index (χ4v) is 3.78. The van der Waals surface area contributed by atoms with E-state index in [4.69, 9.17) is 0 Å². The van der Waals surface area contributed by atoms with Crippen LogP contribution in [0.1, 0.15) is 38.8 Å². The number of nitrogens with one attached hydrogen (secondary N) is 1. The number of thiazole rings is 1. The number of carbonyl (C=O) groups excluding carboxylic acids is 1. The third-order valence-electron chi connectivity index (χ3n) is 4.00. The lowest BCUT2D eigenvalue weighted by Crippen LogP contribution is -2.23. The van der Waals surface area contributed by atoms with E-state index in [1.807, 2.05) is 6.92 Å². The minimum absolute atomic E-state index is 0.184. The van der Waals surface area contributed by atoms with Crippen LogP contribution >= 0.6 is 11.3 Å². The number of hydrogen-bond acceptors (Lipinski definition) is 4. The molecule has 1 amide bonds. The van der Waals surface area contributed by atoms with Gasteiger partial charge in [-0.05, 0) is 38.9 Å². The first kappa shape index (κ1) is 16.1. The Morgan fingerprint density at radius 2 is 2.09 bits per heavy atom. The standard InChI is InChI=1S/C17H20FN3OS/c1-12-16(23-15(20-12)11-21-8-4-5-9-21)17(22)19-10-13-6-2-3-7-14(13)18/h2-3,6-7H,4-5,8-11H2,1H3,(H,19,22). The summed E-state index contributed by atoms with van der Waals surface area (Å²) in [5.41, 5.74) is 1.23. The van der Waals surface area contributed by atoms with Crippen LogP contribution < -0.4 is 5.32 Å². The summed E-state index contributed by atoms with van der Waals surface area (Å²) < 4.78 is 13.6. The quantitative estimate of drug-likeness (QED) is 0.914. The Hall–Kier alpha value is -1.79. The Labute approximate surface area is 139 Å². The molecule has 0 bridgehead atoms. The Morgan fingerprint density at radius 1 is 1.35 bits per heavy atom. The number of hydrogen-bond donors (Lipinski definition) is 1. The molecule has 1 aromatic carbocycles. The molecule has 1 saturated heterocycles. The summed E-state index contributed by atoms with van der Waals surface area (Å²) in [5.74, 6) is -0.487. The van der Waals surface area contributed by atoms with Gasteiger partial charge in [-0.1, -0.05) is 18.2 Å². The Morgan fingerprint density at radius 3 is 2.83 bits per heavy atom. The highest BCUT2D eigenvalue weighted by Crippen LogP contribution is 2.21. The maximum absolute atomic E-state index is 13.6. The lowest BCUT2D eigenvalue weighted by Gasteiger charge is -2.11. The molecule has 23 heavy (non-hydrogen) atoms. The Bertz CT molecular complexity index is 695. The van der Waals surface area contributed by atoms with Gasteiger partial charge in [0.25, 0.3) is 5.91 Å². The lowest BCUT2D eigenvalue weighted by atomic mass is 10.2. The zero-order valence-electron chi connectivity index (χ0n) is 13.1. The highest BCUT2D eigenvalue weighted by atomic mass is 32.1. The normalized spacial score (nSPS) is 15.0. The molecule has 1 N–H and O–H groups in total. The van der Waals surface area contributed by atoms with Gasteiger partial charge in [0.15, 0.2) is 0 Å². The van der Waals surface area contributed by atoms with Gasteiger partial charge in [-0.15, -0.1) is 11.3 Å². The summed E-state index contributed by atoms with van der Waals surface area (Å²) in [6.07, 6.45) is 2.47. The van der Waals surface area contributed by atoms with Crippen LogP contribution in [0.3, 0.4) is 0 Å². The lowest BCUT2D eigenvalue weighted by molar-refractivity contribution is 0.0954. The number of carbonyl (C=O) groups is 1. The average Bonchev–Trinajstić information content (AvgIpc) is 3.16. The van der Waals surface area contributed by atoms with Crippen molar-refractivity contribution in [2.24, 2.45) is 0 Å². The summed E-state index contributed by atoms with van der Waals surface area (Å²) in [6.45, 7) is 5.05. The fraction of sp³-hybridized carbons (Fsp3) is 0.412. The van der Waals surface area contributed by atoms with Crippen LogP contribution in [-0.2, 0) is 13.1 Å². The molecule has 0 saturated carbocycles. The molecule has 1 fully saturated rings. The molecule has 0 atom stereocenters. The summed E-state index contributed by atoms with van der Waals surface area (Å²) in [5, 5.41) is 3.75. The molecule has 0 radical (unpaired) electrons. The molecule has 1 aliphatic heterocycles. The second kappa shape index (κ2) is 7.19. The van der Waals surface area contributed by atoms with E-state index in [9.17, 15) is 9.18 Å².